The minimum atomic E-state index is -4.57. The molecule has 0 atom stereocenters. The van der Waals surface area contributed by atoms with Crippen LogP contribution in [0.2, 0.25) is 0 Å². The molecule has 0 unspecified atom stereocenters. The fourth-order valence-electron chi connectivity index (χ4n) is 1.20. The third kappa shape index (κ3) is 1.83. The van der Waals surface area contributed by atoms with Gasteiger partial charge in [0.1, 0.15) is 5.69 Å². The van der Waals surface area contributed by atoms with E-state index in [9.17, 15) is 18.0 Å². The van der Waals surface area contributed by atoms with E-state index in [4.69, 9.17) is 0 Å². The number of nitrogens with zero attached hydrogens (tertiary/aromatic N) is 2. The number of halogens is 3. The molecule has 0 aromatic carbocycles. The van der Waals surface area contributed by atoms with E-state index in [1.54, 1.807) is 12.1 Å². The summed E-state index contributed by atoms with van der Waals surface area (Å²) in [5.41, 5.74) is -1.89. The van der Waals surface area contributed by atoms with E-state index in [0.29, 0.717) is 6.07 Å². The highest BCUT2D eigenvalue weighted by Gasteiger charge is 2.33. The van der Waals surface area contributed by atoms with Gasteiger partial charge in [-0.15, -0.1) is 0 Å². The summed E-state index contributed by atoms with van der Waals surface area (Å²) in [7, 11) is 0. The van der Waals surface area contributed by atoms with Gasteiger partial charge in [-0.25, -0.2) is 9.67 Å². The van der Waals surface area contributed by atoms with Crippen molar-refractivity contribution in [1.82, 2.24) is 14.8 Å². The second-order valence-corrected chi connectivity index (χ2v) is 3.03. The average molecular weight is 229 g/mol. The lowest BCUT2D eigenvalue weighted by Gasteiger charge is -2.03. The predicted octanol–water partition coefficient (Wildman–Crippen LogP) is 1.58. The monoisotopic (exact) mass is 229 g/mol. The highest BCUT2D eigenvalue weighted by molar-refractivity contribution is 5.21. The first-order valence-corrected chi connectivity index (χ1v) is 4.29. The molecule has 84 valence electrons. The molecule has 0 amide bonds. The molecule has 0 aliphatic rings. The van der Waals surface area contributed by atoms with Crippen LogP contribution in [-0.4, -0.2) is 14.8 Å². The Hall–Kier alpha value is -2.05. The standard InChI is InChI=1S/C9H6F3N3O/c10-9(11,12)6-5-8(16)15(14-6)7-3-1-2-4-13-7/h1-5,14H. The number of nitrogens with one attached hydrogen (secondary N) is 1. The molecular weight excluding hydrogens is 223 g/mol. The summed E-state index contributed by atoms with van der Waals surface area (Å²) < 4.78 is 37.6. The minimum absolute atomic E-state index is 0.114. The van der Waals surface area contributed by atoms with Crippen LogP contribution in [0.3, 0.4) is 0 Å². The van der Waals surface area contributed by atoms with E-state index in [1.807, 2.05) is 5.10 Å². The van der Waals surface area contributed by atoms with Gasteiger partial charge in [-0.3, -0.25) is 9.89 Å². The van der Waals surface area contributed by atoms with E-state index in [2.05, 4.69) is 4.98 Å². The number of rotatable bonds is 1. The average Bonchev–Trinajstić information content (AvgIpc) is 2.61. The Morgan fingerprint density at radius 1 is 1.31 bits per heavy atom. The van der Waals surface area contributed by atoms with Crippen LogP contribution in [0.5, 0.6) is 0 Å². The van der Waals surface area contributed by atoms with Gasteiger partial charge in [-0.05, 0) is 12.1 Å². The molecule has 0 bridgehead atoms. The number of pyridine rings is 1. The second-order valence-electron chi connectivity index (χ2n) is 3.03. The maximum atomic E-state index is 12.3. The topological polar surface area (TPSA) is 50.7 Å². The lowest BCUT2D eigenvalue weighted by Crippen LogP contribution is -2.14. The van der Waals surface area contributed by atoms with Crippen LogP contribution in [0.4, 0.5) is 13.2 Å². The van der Waals surface area contributed by atoms with Gasteiger partial charge in [0.2, 0.25) is 0 Å². The van der Waals surface area contributed by atoms with E-state index < -0.39 is 17.4 Å². The quantitative estimate of drug-likeness (QED) is 0.807. The van der Waals surface area contributed by atoms with Crippen molar-refractivity contribution in [2.45, 2.75) is 6.18 Å². The molecule has 0 fully saturated rings. The zero-order valence-electron chi connectivity index (χ0n) is 7.82. The summed E-state index contributed by atoms with van der Waals surface area (Å²) in [5, 5.41) is 1.95. The molecule has 7 heteroatoms. The van der Waals surface area contributed by atoms with Crippen molar-refractivity contribution in [3.05, 3.63) is 46.5 Å². The minimum Gasteiger partial charge on any atom is -0.285 e. The van der Waals surface area contributed by atoms with Gasteiger partial charge in [-0.2, -0.15) is 13.2 Å². The lowest BCUT2D eigenvalue weighted by molar-refractivity contribution is -0.141. The third-order valence-electron chi connectivity index (χ3n) is 1.90. The highest BCUT2D eigenvalue weighted by Crippen LogP contribution is 2.26. The third-order valence-corrected chi connectivity index (χ3v) is 1.90. The van der Waals surface area contributed by atoms with Crippen molar-refractivity contribution < 1.29 is 13.2 Å². The molecule has 0 saturated heterocycles. The molecule has 2 heterocycles. The van der Waals surface area contributed by atoms with Crippen molar-refractivity contribution >= 4 is 0 Å². The summed E-state index contributed by atoms with van der Waals surface area (Å²) in [6.07, 6.45) is -3.19. The number of alkyl halides is 3. The first kappa shape index (κ1) is 10.5. The Balaban J connectivity index is 2.53. The fourth-order valence-corrected chi connectivity index (χ4v) is 1.20. The summed E-state index contributed by atoms with van der Waals surface area (Å²) in [6, 6.07) is 5.09. The molecule has 0 spiro atoms. The van der Waals surface area contributed by atoms with Crippen LogP contribution in [0, 0.1) is 0 Å². The first-order chi connectivity index (χ1) is 7.48. The maximum Gasteiger partial charge on any atom is 0.432 e. The molecule has 0 saturated carbocycles. The van der Waals surface area contributed by atoms with Gasteiger partial charge in [-0.1, -0.05) is 6.07 Å². The molecular formula is C9H6F3N3O. The largest absolute Gasteiger partial charge is 0.432 e. The van der Waals surface area contributed by atoms with Gasteiger partial charge in [0.15, 0.2) is 5.82 Å². The van der Waals surface area contributed by atoms with Crippen LogP contribution in [0.1, 0.15) is 5.69 Å². The molecule has 2 aromatic heterocycles. The van der Waals surface area contributed by atoms with Crippen molar-refractivity contribution in [1.29, 1.82) is 0 Å². The van der Waals surface area contributed by atoms with Crippen molar-refractivity contribution in [3.8, 4) is 5.82 Å². The van der Waals surface area contributed by atoms with Crippen molar-refractivity contribution in [2.75, 3.05) is 0 Å². The summed E-state index contributed by atoms with van der Waals surface area (Å²) >= 11 is 0. The normalized spacial score (nSPS) is 11.7. The molecule has 0 radical (unpaired) electrons. The number of hydrogen-bond donors (Lipinski definition) is 1. The Kier molecular flexibility index (Phi) is 2.30. The summed E-state index contributed by atoms with van der Waals surface area (Å²) in [6.45, 7) is 0. The number of aromatic amines is 1. The van der Waals surface area contributed by atoms with Crippen molar-refractivity contribution in [3.63, 3.8) is 0 Å². The molecule has 4 nitrogen and oxygen atoms in total. The molecule has 2 aromatic rings. The Bertz CT molecular complexity index is 541. The highest BCUT2D eigenvalue weighted by atomic mass is 19.4. The van der Waals surface area contributed by atoms with E-state index in [1.165, 1.54) is 12.3 Å². The summed E-state index contributed by atoms with van der Waals surface area (Å²) in [5.74, 6) is 0.114. The Morgan fingerprint density at radius 2 is 2.06 bits per heavy atom. The van der Waals surface area contributed by atoms with E-state index >= 15 is 0 Å². The molecule has 2 rings (SSSR count). The zero-order valence-corrected chi connectivity index (χ0v) is 7.82. The molecule has 0 aliphatic carbocycles. The Labute approximate surface area is 87.3 Å². The molecule has 1 N–H and O–H groups in total. The maximum absolute atomic E-state index is 12.3. The van der Waals surface area contributed by atoms with E-state index in [-0.39, 0.29) is 5.82 Å². The molecule has 0 aliphatic heterocycles. The van der Waals surface area contributed by atoms with Crippen LogP contribution < -0.4 is 5.56 Å². The van der Waals surface area contributed by atoms with Crippen LogP contribution in [-0.2, 0) is 6.18 Å². The van der Waals surface area contributed by atoms with Gasteiger partial charge < -0.3 is 0 Å². The summed E-state index contributed by atoms with van der Waals surface area (Å²) in [4.78, 5) is 15.0. The van der Waals surface area contributed by atoms with E-state index in [0.717, 1.165) is 4.68 Å². The van der Waals surface area contributed by atoms with Gasteiger partial charge >= 0.3 is 6.18 Å². The second kappa shape index (κ2) is 3.51. The smallest absolute Gasteiger partial charge is 0.285 e. The van der Waals surface area contributed by atoms with Crippen LogP contribution in [0.15, 0.2) is 35.3 Å². The number of H-pyrrole nitrogens is 1. The zero-order chi connectivity index (χ0) is 11.8. The Morgan fingerprint density at radius 3 is 2.56 bits per heavy atom. The SMILES string of the molecule is O=c1cc(C(F)(F)F)[nH]n1-c1ccccn1. The van der Waals surface area contributed by atoms with Gasteiger partial charge in [0, 0.05) is 12.3 Å². The van der Waals surface area contributed by atoms with Crippen molar-refractivity contribution in [2.24, 2.45) is 0 Å². The molecule has 16 heavy (non-hydrogen) atoms. The predicted molar refractivity (Wildman–Crippen MR) is 49.2 cm³/mol. The first-order valence-electron chi connectivity index (χ1n) is 4.29. The van der Waals surface area contributed by atoms with Gasteiger partial charge in [0.05, 0.1) is 0 Å². The van der Waals surface area contributed by atoms with Crippen LogP contribution >= 0.6 is 0 Å². The van der Waals surface area contributed by atoms with Crippen LogP contribution in [0.25, 0.3) is 5.82 Å². The number of hydrogen-bond acceptors (Lipinski definition) is 2. The number of aromatic nitrogens is 3. The fraction of sp³-hybridized carbons (Fsp3) is 0.111. The van der Waals surface area contributed by atoms with Gasteiger partial charge in [0.25, 0.3) is 5.56 Å². The lowest BCUT2D eigenvalue weighted by atomic mass is 10.4.